The van der Waals surface area contributed by atoms with Crippen molar-refractivity contribution in [1.29, 1.82) is 0 Å². The van der Waals surface area contributed by atoms with Crippen LogP contribution in [-0.4, -0.2) is 23.9 Å². The molecule has 21 heavy (non-hydrogen) atoms. The number of nitrogens with zero attached hydrogens (tertiary/aromatic N) is 2. The summed E-state index contributed by atoms with van der Waals surface area (Å²) in [4.78, 5) is 0. The molecule has 0 saturated heterocycles. The Hall–Kier alpha value is -1.04. The molecule has 0 spiro atoms. The molecule has 2 aromatic rings. The third kappa shape index (κ3) is 3.25. The third-order valence-corrected chi connectivity index (χ3v) is 4.26. The van der Waals surface area contributed by atoms with E-state index in [9.17, 15) is 0 Å². The first-order chi connectivity index (χ1) is 9.99. The SMILES string of the molecule is CNC(c1ccc(OC)c(Br)c1)c1c(Cl)cnn1C(C)C. The van der Waals surface area contributed by atoms with Gasteiger partial charge >= 0.3 is 0 Å². The van der Waals surface area contributed by atoms with Gasteiger partial charge in [0.15, 0.2) is 0 Å². The molecule has 2 rings (SSSR count). The van der Waals surface area contributed by atoms with Crippen LogP contribution in [0.5, 0.6) is 5.75 Å². The van der Waals surface area contributed by atoms with Crippen LogP contribution in [-0.2, 0) is 0 Å². The fraction of sp³-hybridized carbons (Fsp3) is 0.400. The maximum absolute atomic E-state index is 6.35. The zero-order valence-electron chi connectivity index (χ0n) is 12.5. The van der Waals surface area contributed by atoms with Crippen molar-refractivity contribution in [3.05, 3.63) is 45.1 Å². The summed E-state index contributed by atoms with van der Waals surface area (Å²) in [6.07, 6.45) is 1.69. The predicted octanol–water partition coefficient (Wildman–Crippen LogP) is 4.20. The van der Waals surface area contributed by atoms with Gasteiger partial charge in [-0.1, -0.05) is 17.7 Å². The highest BCUT2D eigenvalue weighted by Gasteiger charge is 2.22. The lowest BCUT2D eigenvalue weighted by Crippen LogP contribution is -2.22. The second kappa shape index (κ2) is 6.81. The molecule has 0 bridgehead atoms. The monoisotopic (exact) mass is 371 g/mol. The molecule has 0 aliphatic rings. The van der Waals surface area contributed by atoms with Crippen molar-refractivity contribution in [2.75, 3.05) is 14.2 Å². The average molecular weight is 373 g/mol. The molecule has 114 valence electrons. The molecule has 0 amide bonds. The normalized spacial score (nSPS) is 12.7. The number of rotatable bonds is 5. The zero-order valence-corrected chi connectivity index (χ0v) is 14.9. The first kappa shape index (κ1) is 16.3. The summed E-state index contributed by atoms with van der Waals surface area (Å²) in [6.45, 7) is 4.17. The first-order valence-electron chi connectivity index (χ1n) is 6.73. The first-order valence-corrected chi connectivity index (χ1v) is 7.90. The number of benzene rings is 1. The minimum Gasteiger partial charge on any atom is -0.496 e. The summed E-state index contributed by atoms with van der Waals surface area (Å²) >= 11 is 9.88. The van der Waals surface area contributed by atoms with Gasteiger partial charge in [-0.25, -0.2) is 0 Å². The Morgan fingerprint density at radius 1 is 1.38 bits per heavy atom. The van der Waals surface area contributed by atoms with Gasteiger partial charge in [-0.15, -0.1) is 0 Å². The lowest BCUT2D eigenvalue weighted by Gasteiger charge is -2.21. The van der Waals surface area contributed by atoms with Crippen LogP contribution >= 0.6 is 27.5 Å². The summed E-state index contributed by atoms with van der Waals surface area (Å²) in [5.74, 6) is 0.803. The van der Waals surface area contributed by atoms with Crippen molar-refractivity contribution in [3.8, 4) is 5.75 Å². The minimum absolute atomic E-state index is 0.0374. The quantitative estimate of drug-likeness (QED) is 0.855. The Labute approximate surface area is 138 Å². The maximum atomic E-state index is 6.35. The Bertz CT molecular complexity index is 627. The Morgan fingerprint density at radius 3 is 2.62 bits per heavy atom. The van der Waals surface area contributed by atoms with Crippen molar-refractivity contribution in [1.82, 2.24) is 15.1 Å². The number of hydrogen-bond acceptors (Lipinski definition) is 3. The smallest absolute Gasteiger partial charge is 0.133 e. The van der Waals surface area contributed by atoms with Crippen LogP contribution in [0.3, 0.4) is 0 Å². The molecule has 4 nitrogen and oxygen atoms in total. The number of ether oxygens (including phenoxy) is 1. The van der Waals surface area contributed by atoms with Crippen molar-refractivity contribution in [3.63, 3.8) is 0 Å². The Morgan fingerprint density at radius 2 is 2.10 bits per heavy atom. The number of hydrogen-bond donors (Lipinski definition) is 1. The van der Waals surface area contributed by atoms with Gasteiger partial charge in [0.25, 0.3) is 0 Å². The second-order valence-corrected chi connectivity index (χ2v) is 6.29. The van der Waals surface area contributed by atoms with Gasteiger partial charge in [-0.3, -0.25) is 4.68 Å². The molecule has 1 aromatic heterocycles. The largest absolute Gasteiger partial charge is 0.496 e. The molecule has 0 aliphatic heterocycles. The summed E-state index contributed by atoms with van der Waals surface area (Å²) in [7, 11) is 3.57. The predicted molar refractivity (Wildman–Crippen MR) is 89.2 cm³/mol. The molecular formula is C15H19BrClN3O. The van der Waals surface area contributed by atoms with Crippen molar-refractivity contribution >= 4 is 27.5 Å². The second-order valence-electron chi connectivity index (χ2n) is 5.03. The summed E-state index contributed by atoms with van der Waals surface area (Å²) in [5.41, 5.74) is 2.06. The van der Waals surface area contributed by atoms with Crippen LogP contribution in [0, 0.1) is 0 Å². The molecule has 0 saturated carbocycles. The fourth-order valence-corrected chi connectivity index (χ4v) is 3.15. The highest BCUT2D eigenvalue weighted by molar-refractivity contribution is 9.10. The van der Waals surface area contributed by atoms with Crippen LogP contribution in [0.1, 0.15) is 37.2 Å². The number of nitrogens with one attached hydrogen (secondary N) is 1. The molecular weight excluding hydrogens is 354 g/mol. The van der Waals surface area contributed by atoms with E-state index in [0.717, 1.165) is 21.5 Å². The molecule has 1 atom stereocenters. The molecule has 1 unspecified atom stereocenters. The summed E-state index contributed by atoms with van der Waals surface area (Å²) < 4.78 is 8.14. The lowest BCUT2D eigenvalue weighted by atomic mass is 10.0. The maximum Gasteiger partial charge on any atom is 0.133 e. The topological polar surface area (TPSA) is 39.1 Å². The number of methoxy groups -OCH3 is 1. The Kier molecular flexibility index (Phi) is 5.30. The molecule has 1 aromatic carbocycles. The van der Waals surface area contributed by atoms with Crippen LogP contribution in [0.25, 0.3) is 0 Å². The van der Waals surface area contributed by atoms with E-state index >= 15 is 0 Å². The average Bonchev–Trinajstić information content (AvgIpc) is 2.82. The standard InChI is InChI=1S/C15H19BrClN3O/c1-9(2)20-15(12(17)8-19-20)14(18-3)10-5-6-13(21-4)11(16)7-10/h5-9,14,18H,1-4H3. The highest BCUT2D eigenvalue weighted by Crippen LogP contribution is 2.33. The van der Waals surface area contributed by atoms with Crippen LogP contribution < -0.4 is 10.1 Å². The van der Waals surface area contributed by atoms with Gasteiger partial charge in [-0.05, 0) is 54.5 Å². The van der Waals surface area contributed by atoms with Gasteiger partial charge in [0.2, 0.25) is 0 Å². The lowest BCUT2D eigenvalue weighted by molar-refractivity contribution is 0.411. The number of halogens is 2. The van der Waals surface area contributed by atoms with E-state index in [1.807, 2.05) is 29.9 Å². The third-order valence-electron chi connectivity index (χ3n) is 3.35. The van der Waals surface area contributed by atoms with E-state index in [1.165, 1.54) is 0 Å². The summed E-state index contributed by atoms with van der Waals surface area (Å²) in [6, 6.07) is 6.20. The van der Waals surface area contributed by atoms with Crippen LogP contribution in [0.4, 0.5) is 0 Å². The van der Waals surface area contributed by atoms with Gasteiger partial charge in [0.05, 0.1) is 34.5 Å². The molecule has 1 heterocycles. The van der Waals surface area contributed by atoms with Crippen molar-refractivity contribution in [2.24, 2.45) is 0 Å². The fourth-order valence-electron chi connectivity index (χ4n) is 2.36. The van der Waals surface area contributed by atoms with E-state index in [1.54, 1.807) is 13.3 Å². The number of aromatic nitrogens is 2. The van der Waals surface area contributed by atoms with E-state index in [-0.39, 0.29) is 12.1 Å². The van der Waals surface area contributed by atoms with E-state index in [4.69, 9.17) is 16.3 Å². The van der Waals surface area contributed by atoms with E-state index < -0.39 is 0 Å². The molecule has 0 fully saturated rings. The molecule has 6 heteroatoms. The minimum atomic E-state index is -0.0374. The van der Waals surface area contributed by atoms with Gasteiger partial charge in [0.1, 0.15) is 5.75 Å². The highest BCUT2D eigenvalue weighted by atomic mass is 79.9. The van der Waals surface area contributed by atoms with Gasteiger partial charge in [-0.2, -0.15) is 5.10 Å². The zero-order chi connectivity index (χ0) is 15.6. The van der Waals surface area contributed by atoms with Crippen LogP contribution in [0.2, 0.25) is 5.02 Å². The Balaban J connectivity index is 2.49. The molecule has 0 aliphatic carbocycles. The van der Waals surface area contributed by atoms with Crippen LogP contribution in [0.15, 0.2) is 28.9 Å². The van der Waals surface area contributed by atoms with Gasteiger partial charge < -0.3 is 10.1 Å². The van der Waals surface area contributed by atoms with Crippen molar-refractivity contribution in [2.45, 2.75) is 25.9 Å². The van der Waals surface area contributed by atoms with E-state index in [0.29, 0.717) is 5.02 Å². The van der Waals surface area contributed by atoms with E-state index in [2.05, 4.69) is 40.2 Å². The van der Waals surface area contributed by atoms with Crippen molar-refractivity contribution < 1.29 is 4.74 Å². The molecule has 1 N–H and O–H groups in total. The van der Waals surface area contributed by atoms with Gasteiger partial charge in [0, 0.05) is 6.04 Å². The molecule has 0 radical (unpaired) electrons. The summed E-state index contributed by atoms with van der Waals surface area (Å²) in [5, 5.41) is 8.35.